The second-order valence-electron chi connectivity index (χ2n) is 6.69. The van der Waals surface area contributed by atoms with Crippen molar-refractivity contribution in [1.82, 2.24) is 10.2 Å². The highest BCUT2D eigenvalue weighted by molar-refractivity contribution is 7.07. The Bertz CT molecular complexity index is 508. The highest BCUT2D eigenvalue weighted by Crippen LogP contribution is 2.18. The van der Waals surface area contributed by atoms with Crippen LogP contribution in [0.5, 0.6) is 0 Å². The Morgan fingerprint density at radius 1 is 1.45 bits per heavy atom. The van der Waals surface area contributed by atoms with E-state index in [0.29, 0.717) is 25.4 Å². The number of ether oxygens (including phenoxy) is 1. The van der Waals surface area contributed by atoms with Crippen molar-refractivity contribution in [2.24, 2.45) is 5.92 Å². The first kappa shape index (κ1) is 16.8. The first-order valence-electron chi connectivity index (χ1n) is 7.59. The maximum atomic E-state index is 12.2. The largest absolute Gasteiger partial charge is 0.444 e. The van der Waals surface area contributed by atoms with Crippen molar-refractivity contribution in [1.29, 1.82) is 0 Å². The van der Waals surface area contributed by atoms with Gasteiger partial charge in [0.1, 0.15) is 5.60 Å². The van der Waals surface area contributed by atoms with E-state index in [9.17, 15) is 9.59 Å². The third-order valence-electron chi connectivity index (χ3n) is 3.51. The Balaban J connectivity index is 1.71. The molecule has 122 valence electrons. The lowest BCUT2D eigenvalue weighted by molar-refractivity contribution is -0.129. The van der Waals surface area contributed by atoms with Crippen molar-refractivity contribution >= 4 is 23.3 Å². The minimum absolute atomic E-state index is 0.165. The Morgan fingerprint density at radius 2 is 2.23 bits per heavy atom. The van der Waals surface area contributed by atoms with E-state index in [0.717, 1.165) is 18.5 Å². The van der Waals surface area contributed by atoms with E-state index in [4.69, 9.17) is 4.74 Å². The maximum absolute atomic E-state index is 12.2. The van der Waals surface area contributed by atoms with Gasteiger partial charge in [0.05, 0.1) is 6.42 Å². The molecule has 1 aromatic heterocycles. The van der Waals surface area contributed by atoms with Crippen LogP contribution < -0.4 is 5.32 Å². The van der Waals surface area contributed by atoms with Crippen molar-refractivity contribution in [2.75, 3.05) is 19.6 Å². The first-order chi connectivity index (χ1) is 10.3. The molecular weight excluding hydrogens is 300 g/mol. The van der Waals surface area contributed by atoms with Crippen LogP contribution >= 0.6 is 11.3 Å². The van der Waals surface area contributed by atoms with Crippen molar-refractivity contribution in [2.45, 2.75) is 39.2 Å². The molecule has 1 fully saturated rings. The van der Waals surface area contributed by atoms with Crippen molar-refractivity contribution in [3.8, 4) is 0 Å². The lowest BCUT2D eigenvalue weighted by atomic mass is 10.1. The third kappa shape index (κ3) is 5.33. The smallest absolute Gasteiger partial charge is 0.407 e. The predicted molar refractivity (Wildman–Crippen MR) is 86.9 cm³/mol. The van der Waals surface area contributed by atoms with Gasteiger partial charge < -0.3 is 15.0 Å². The predicted octanol–water partition coefficient (Wildman–Crippen LogP) is 2.66. The van der Waals surface area contributed by atoms with E-state index in [1.807, 2.05) is 42.5 Å². The molecule has 1 aliphatic heterocycles. The molecule has 1 N–H and O–H groups in total. The van der Waals surface area contributed by atoms with Gasteiger partial charge in [0, 0.05) is 19.6 Å². The summed E-state index contributed by atoms with van der Waals surface area (Å²) in [4.78, 5) is 25.7. The summed E-state index contributed by atoms with van der Waals surface area (Å²) >= 11 is 1.61. The summed E-state index contributed by atoms with van der Waals surface area (Å²) in [6.07, 6.45) is 0.997. The Kier molecular flexibility index (Phi) is 5.45. The van der Waals surface area contributed by atoms with Crippen LogP contribution in [-0.2, 0) is 16.0 Å². The Labute approximate surface area is 135 Å². The van der Waals surface area contributed by atoms with Crippen molar-refractivity contribution in [3.05, 3.63) is 22.4 Å². The fourth-order valence-electron chi connectivity index (χ4n) is 2.45. The van der Waals surface area contributed by atoms with Crippen LogP contribution in [0.1, 0.15) is 32.8 Å². The van der Waals surface area contributed by atoms with Crippen LogP contribution in [0.3, 0.4) is 0 Å². The van der Waals surface area contributed by atoms with Gasteiger partial charge in [-0.05, 0) is 55.5 Å². The zero-order chi connectivity index (χ0) is 16.2. The molecule has 1 aromatic rings. The van der Waals surface area contributed by atoms with Gasteiger partial charge in [0.25, 0.3) is 0 Å². The van der Waals surface area contributed by atoms with Gasteiger partial charge in [-0.3, -0.25) is 4.79 Å². The quantitative estimate of drug-likeness (QED) is 0.926. The summed E-state index contributed by atoms with van der Waals surface area (Å²) in [6, 6.07) is 1.99. The van der Waals surface area contributed by atoms with Gasteiger partial charge in [0.15, 0.2) is 0 Å². The minimum atomic E-state index is -0.484. The van der Waals surface area contributed by atoms with Gasteiger partial charge >= 0.3 is 6.09 Å². The highest BCUT2D eigenvalue weighted by Gasteiger charge is 2.27. The van der Waals surface area contributed by atoms with Crippen LogP contribution in [0, 0.1) is 5.92 Å². The molecular formula is C16H24N2O3S. The number of nitrogens with zero attached hydrogens (tertiary/aromatic N) is 1. The molecule has 0 spiro atoms. The summed E-state index contributed by atoms with van der Waals surface area (Å²) in [5.74, 6) is 0.470. The first-order valence-corrected chi connectivity index (χ1v) is 8.53. The average Bonchev–Trinajstić information content (AvgIpc) is 3.05. The van der Waals surface area contributed by atoms with Crippen LogP contribution in [0.15, 0.2) is 16.8 Å². The molecule has 2 rings (SSSR count). The molecule has 22 heavy (non-hydrogen) atoms. The lowest BCUT2D eigenvalue weighted by Gasteiger charge is -2.21. The SMILES string of the molecule is CC(C)(C)OC(=O)NCC1CCN(C(=O)Cc2ccsc2)C1. The van der Waals surface area contributed by atoms with E-state index in [1.54, 1.807) is 11.3 Å². The number of amides is 2. The van der Waals surface area contributed by atoms with E-state index in [2.05, 4.69) is 5.32 Å². The van der Waals surface area contributed by atoms with Gasteiger partial charge in [-0.15, -0.1) is 0 Å². The van der Waals surface area contributed by atoms with Gasteiger partial charge in [-0.25, -0.2) is 4.79 Å². The number of carbonyl (C=O) groups excluding carboxylic acids is 2. The summed E-state index contributed by atoms with van der Waals surface area (Å²) in [5.41, 5.74) is 0.591. The summed E-state index contributed by atoms with van der Waals surface area (Å²) < 4.78 is 5.21. The van der Waals surface area contributed by atoms with Crippen LogP contribution in [-0.4, -0.2) is 42.1 Å². The van der Waals surface area contributed by atoms with Crippen molar-refractivity contribution in [3.63, 3.8) is 0 Å². The molecule has 0 saturated carbocycles. The molecule has 1 unspecified atom stereocenters. The second kappa shape index (κ2) is 7.13. The second-order valence-corrected chi connectivity index (χ2v) is 7.47. The molecule has 0 aromatic carbocycles. The molecule has 1 atom stereocenters. The molecule has 1 saturated heterocycles. The molecule has 0 radical (unpaired) electrons. The normalized spacial score (nSPS) is 18.3. The van der Waals surface area contributed by atoms with Crippen molar-refractivity contribution < 1.29 is 14.3 Å². The molecule has 2 amide bonds. The standard InChI is InChI=1S/C16H24N2O3S/c1-16(2,3)21-15(20)17-9-13-4-6-18(10-13)14(19)8-12-5-7-22-11-12/h5,7,11,13H,4,6,8-10H2,1-3H3,(H,17,20). The summed E-state index contributed by atoms with van der Waals surface area (Å²) in [6.45, 7) is 7.55. The van der Waals surface area contributed by atoms with Crippen LogP contribution in [0.25, 0.3) is 0 Å². The molecule has 0 bridgehead atoms. The zero-order valence-corrected chi connectivity index (χ0v) is 14.2. The van der Waals surface area contributed by atoms with Gasteiger partial charge in [-0.1, -0.05) is 0 Å². The van der Waals surface area contributed by atoms with E-state index >= 15 is 0 Å². The van der Waals surface area contributed by atoms with Gasteiger partial charge in [-0.2, -0.15) is 11.3 Å². The number of hydrogen-bond donors (Lipinski definition) is 1. The number of likely N-dealkylation sites (tertiary alicyclic amines) is 1. The lowest BCUT2D eigenvalue weighted by Crippen LogP contribution is -2.36. The highest BCUT2D eigenvalue weighted by atomic mass is 32.1. The number of rotatable bonds is 4. The Hall–Kier alpha value is -1.56. The van der Waals surface area contributed by atoms with E-state index in [1.165, 1.54) is 0 Å². The molecule has 2 heterocycles. The Morgan fingerprint density at radius 3 is 2.86 bits per heavy atom. The monoisotopic (exact) mass is 324 g/mol. The van der Waals surface area contributed by atoms with Gasteiger partial charge in [0.2, 0.25) is 5.91 Å². The van der Waals surface area contributed by atoms with E-state index < -0.39 is 11.7 Å². The zero-order valence-electron chi connectivity index (χ0n) is 13.4. The summed E-state index contributed by atoms with van der Waals surface area (Å²) in [5, 5.41) is 6.78. The number of carbonyl (C=O) groups is 2. The summed E-state index contributed by atoms with van der Waals surface area (Å²) in [7, 11) is 0. The number of nitrogens with one attached hydrogen (secondary N) is 1. The third-order valence-corrected chi connectivity index (χ3v) is 4.24. The maximum Gasteiger partial charge on any atom is 0.407 e. The molecule has 1 aliphatic rings. The van der Waals surface area contributed by atoms with E-state index in [-0.39, 0.29) is 5.91 Å². The fraction of sp³-hybridized carbons (Fsp3) is 0.625. The van der Waals surface area contributed by atoms with Crippen LogP contribution in [0.4, 0.5) is 4.79 Å². The average molecular weight is 324 g/mol. The molecule has 5 nitrogen and oxygen atoms in total. The fourth-order valence-corrected chi connectivity index (χ4v) is 3.12. The topological polar surface area (TPSA) is 58.6 Å². The molecule has 6 heteroatoms. The number of hydrogen-bond acceptors (Lipinski definition) is 4. The minimum Gasteiger partial charge on any atom is -0.444 e. The number of thiophene rings is 1. The molecule has 0 aliphatic carbocycles. The number of alkyl carbamates (subject to hydrolysis) is 1. The van der Waals surface area contributed by atoms with Crippen LogP contribution in [0.2, 0.25) is 0 Å².